The Balaban J connectivity index is 1.88. The Morgan fingerprint density at radius 3 is 2.60 bits per heavy atom. The number of rotatable bonds is 4. The first-order valence-electron chi connectivity index (χ1n) is 6.10. The van der Waals surface area contributed by atoms with Crippen LogP contribution in [0.3, 0.4) is 0 Å². The van der Waals surface area contributed by atoms with Crippen LogP contribution in [-0.2, 0) is 32.0 Å². The summed E-state index contributed by atoms with van der Waals surface area (Å²) in [6.07, 6.45) is 1.59. The molecule has 0 spiro atoms. The average Bonchev–Trinajstić information content (AvgIpc) is 2.80. The number of thiophene rings is 1. The lowest BCUT2D eigenvalue weighted by Crippen LogP contribution is -2.40. The molecule has 0 unspecified atom stereocenters. The fourth-order valence-corrected chi connectivity index (χ4v) is 5.06. The highest BCUT2D eigenvalue weighted by Crippen LogP contribution is 2.20. The zero-order valence-electron chi connectivity index (χ0n) is 10.7. The molecule has 20 heavy (non-hydrogen) atoms. The summed E-state index contributed by atoms with van der Waals surface area (Å²) in [5, 5.41) is 7.91. The van der Waals surface area contributed by atoms with Crippen molar-refractivity contribution >= 4 is 38.1 Å². The summed E-state index contributed by atoms with van der Waals surface area (Å²) >= 11 is 1.01. The molecule has 2 heterocycles. The van der Waals surface area contributed by atoms with E-state index in [0.29, 0.717) is 16.4 Å². The lowest BCUT2D eigenvalue weighted by Gasteiger charge is -2.22. The molecule has 2 rings (SSSR count). The topological polar surface area (TPSA) is 106 Å². The number of hydrogen-bond donors (Lipinski definition) is 2. The first-order chi connectivity index (χ1) is 9.34. The standard InChI is InChI=1S/C11H16N2O4S3/c12-20(16,17)11-2-1-9(18-11)7-10(14)13-8-3-5-19(15)6-4-8/h1-2,8H,3-7H2,(H,13,14)(H2,12,16,17). The molecule has 1 amide bonds. The van der Waals surface area contributed by atoms with Crippen molar-refractivity contribution < 1.29 is 17.4 Å². The fourth-order valence-electron chi connectivity index (χ4n) is 1.98. The van der Waals surface area contributed by atoms with Gasteiger partial charge in [0.05, 0.1) is 6.42 Å². The van der Waals surface area contributed by atoms with E-state index in [1.165, 1.54) is 6.07 Å². The maximum absolute atomic E-state index is 11.9. The number of carbonyl (C=O) groups is 1. The Morgan fingerprint density at radius 2 is 2.05 bits per heavy atom. The maximum atomic E-state index is 11.9. The monoisotopic (exact) mass is 336 g/mol. The SMILES string of the molecule is NS(=O)(=O)c1ccc(CC(=O)NC2CCS(=O)CC2)s1. The summed E-state index contributed by atoms with van der Waals surface area (Å²) in [7, 11) is -4.45. The van der Waals surface area contributed by atoms with Crippen LogP contribution in [0.5, 0.6) is 0 Å². The molecule has 6 nitrogen and oxygen atoms in total. The van der Waals surface area contributed by atoms with Gasteiger partial charge in [-0.25, -0.2) is 13.6 Å². The molecule has 0 atom stereocenters. The van der Waals surface area contributed by atoms with E-state index in [2.05, 4.69) is 5.32 Å². The predicted molar refractivity (Wildman–Crippen MR) is 78.4 cm³/mol. The van der Waals surface area contributed by atoms with E-state index in [4.69, 9.17) is 5.14 Å². The molecule has 0 aliphatic carbocycles. The molecule has 3 N–H and O–H groups in total. The Morgan fingerprint density at radius 1 is 1.40 bits per heavy atom. The third kappa shape index (κ3) is 4.37. The van der Waals surface area contributed by atoms with E-state index in [9.17, 15) is 17.4 Å². The molecule has 1 aliphatic rings. The molecular formula is C11H16N2O4S3. The lowest BCUT2D eigenvalue weighted by atomic mass is 10.1. The first-order valence-corrected chi connectivity index (χ1v) is 9.95. The van der Waals surface area contributed by atoms with E-state index in [1.54, 1.807) is 6.07 Å². The molecular weight excluding hydrogens is 320 g/mol. The average molecular weight is 336 g/mol. The van der Waals surface area contributed by atoms with Crippen LogP contribution in [-0.4, -0.2) is 36.1 Å². The van der Waals surface area contributed by atoms with Gasteiger partial charge in [-0.05, 0) is 25.0 Å². The number of carbonyl (C=O) groups excluding carboxylic acids is 1. The Kier molecular flexibility index (Phi) is 4.95. The van der Waals surface area contributed by atoms with Crippen molar-refractivity contribution in [2.75, 3.05) is 11.5 Å². The number of primary sulfonamides is 1. The number of hydrogen-bond acceptors (Lipinski definition) is 5. The zero-order valence-corrected chi connectivity index (χ0v) is 13.2. The predicted octanol–water partition coefficient (Wildman–Crippen LogP) is -0.0347. The molecule has 0 saturated carbocycles. The van der Waals surface area contributed by atoms with Gasteiger partial charge >= 0.3 is 0 Å². The highest BCUT2D eigenvalue weighted by Gasteiger charge is 2.20. The highest BCUT2D eigenvalue weighted by molar-refractivity contribution is 7.91. The van der Waals surface area contributed by atoms with E-state index in [-0.39, 0.29) is 22.6 Å². The van der Waals surface area contributed by atoms with Gasteiger partial charge in [0.2, 0.25) is 15.9 Å². The van der Waals surface area contributed by atoms with E-state index >= 15 is 0 Å². The number of sulfonamides is 1. The van der Waals surface area contributed by atoms with Gasteiger partial charge < -0.3 is 5.32 Å². The summed E-state index contributed by atoms with van der Waals surface area (Å²) < 4.78 is 33.6. The molecule has 0 radical (unpaired) electrons. The van der Waals surface area contributed by atoms with Gasteiger partial charge in [-0.3, -0.25) is 9.00 Å². The second-order valence-corrected chi connectivity index (χ2v) is 9.29. The van der Waals surface area contributed by atoms with Crippen LogP contribution >= 0.6 is 11.3 Å². The molecule has 1 aliphatic heterocycles. The van der Waals surface area contributed by atoms with Crippen LogP contribution in [0, 0.1) is 0 Å². The summed E-state index contributed by atoms with van der Waals surface area (Å²) in [6, 6.07) is 3.07. The largest absolute Gasteiger partial charge is 0.353 e. The maximum Gasteiger partial charge on any atom is 0.247 e. The van der Waals surface area contributed by atoms with Crippen molar-refractivity contribution in [1.29, 1.82) is 0 Å². The van der Waals surface area contributed by atoms with Gasteiger partial charge in [-0.15, -0.1) is 11.3 Å². The quantitative estimate of drug-likeness (QED) is 0.805. The van der Waals surface area contributed by atoms with Crippen molar-refractivity contribution in [1.82, 2.24) is 5.32 Å². The highest BCUT2D eigenvalue weighted by atomic mass is 32.2. The van der Waals surface area contributed by atoms with Gasteiger partial charge in [-0.2, -0.15) is 0 Å². The minimum absolute atomic E-state index is 0.0633. The minimum atomic E-state index is -3.70. The third-order valence-corrected chi connectivity index (χ3v) is 6.91. The van der Waals surface area contributed by atoms with Crippen LogP contribution < -0.4 is 10.5 Å². The first kappa shape index (κ1) is 15.6. The van der Waals surface area contributed by atoms with Crippen molar-refractivity contribution in [2.24, 2.45) is 5.14 Å². The van der Waals surface area contributed by atoms with Gasteiger partial charge in [0.15, 0.2) is 0 Å². The molecule has 1 saturated heterocycles. The van der Waals surface area contributed by atoms with Gasteiger partial charge in [0.1, 0.15) is 4.21 Å². The molecule has 1 fully saturated rings. The lowest BCUT2D eigenvalue weighted by molar-refractivity contribution is -0.121. The van der Waals surface area contributed by atoms with E-state index < -0.39 is 20.8 Å². The van der Waals surface area contributed by atoms with Crippen LogP contribution in [0.25, 0.3) is 0 Å². The van der Waals surface area contributed by atoms with Crippen molar-refractivity contribution in [3.63, 3.8) is 0 Å². The molecule has 112 valence electrons. The molecule has 0 bridgehead atoms. The summed E-state index contributed by atoms with van der Waals surface area (Å²) in [4.78, 5) is 12.5. The van der Waals surface area contributed by atoms with E-state index in [0.717, 1.165) is 24.2 Å². The summed E-state index contributed by atoms with van der Waals surface area (Å²) in [6.45, 7) is 0. The molecule has 1 aromatic heterocycles. The van der Waals surface area contributed by atoms with Gasteiger partial charge in [0.25, 0.3) is 0 Å². The number of nitrogens with two attached hydrogens (primary N) is 1. The smallest absolute Gasteiger partial charge is 0.247 e. The van der Waals surface area contributed by atoms with Crippen LogP contribution in [0.2, 0.25) is 0 Å². The normalized spacial score (nSPS) is 23.4. The van der Waals surface area contributed by atoms with Crippen LogP contribution in [0.1, 0.15) is 17.7 Å². The van der Waals surface area contributed by atoms with E-state index in [1.807, 2.05) is 0 Å². The Labute approximate surface area is 124 Å². The number of amides is 1. The zero-order chi connectivity index (χ0) is 14.8. The Hall–Kier alpha value is -0.770. The van der Waals surface area contributed by atoms with Crippen LogP contribution in [0.15, 0.2) is 16.3 Å². The van der Waals surface area contributed by atoms with Gasteiger partial charge in [0, 0.05) is 33.2 Å². The van der Waals surface area contributed by atoms with Gasteiger partial charge in [-0.1, -0.05) is 0 Å². The Bertz CT molecular complexity index is 613. The summed E-state index contributed by atoms with van der Waals surface area (Å²) in [5.41, 5.74) is 0. The second kappa shape index (κ2) is 6.33. The second-order valence-electron chi connectivity index (χ2n) is 4.63. The molecule has 9 heteroatoms. The molecule has 0 aromatic carbocycles. The number of nitrogens with one attached hydrogen (secondary N) is 1. The third-order valence-electron chi connectivity index (χ3n) is 3.01. The van der Waals surface area contributed by atoms with Crippen molar-refractivity contribution in [3.05, 3.63) is 17.0 Å². The van der Waals surface area contributed by atoms with Crippen molar-refractivity contribution in [3.8, 4) is 0 Å². The van der Waals surface area contributed by atoms with Crippen molar-refractivity contribution in [2.45, 2.75) is 29.5 Å². The molecule has 1 aromatic rings. The summed E-state index contributed by atoms with van der Waals surface area (Å²) in [5.74, 6) is 1.10. The minimum Gasteiger partial charge on any atom is -0.353 e. The fraction of sp³-hybridized carbons (Fsp3) is 0.545. The van der Waals surface area contributed by atoms with Crippen LogP contribution in [0.4, 0.5) is 0 Å².